The Balaban J connectivity index is 0.000000572. The number of hydrogen-bond donors (Lipinski definition) is 0. The molecule has 0 bridgehead atoms. The van der Waals surface area contributed by atoms with Gasteiger partial charge in [-0.25, -0.2) is 0 Å². The zero-order valence-electron chi connectivity index (χ0n) is 72.5. The lowest BCUT2D eigenvalue weighted by Gasteiger charge is -2.57. The van der Waals surface area contributed by atoms with Crippen LogP contribution in [0.25, 0.3) is 0 Å². The predicted molar refractivity (Wildman–Crippen MR) is 445 cm³/mol. The van der Waals surface area contributed by atoms with Crippen LogP contribution < -0.4 is 0 Å². The van der Waals surface area contributed by atoms with Crippen LogP contribution in [0.15, 0.2) is 0 Å². The minimum Gasteiger partial charge on any atom is -0.358 e. The van der Waals surface area contributed by atoms with E-state index in [9.17, 15) is 0 Å². The summed E-state index contributed by atoms with van der Waals surface area (Å²) < 4.78 is 10.3. The van der Waals surface area contributed by atoms with E-state index >= 15 is 0 Å². The third kappa shape index (κ3) is 26.0. The zero-order valence-corrected chi connectivity index (χ0v) is 72.5. The average molecular weight is 1400 g/mol. The second kappa shape index (κ2) is 46.2. The lowest BCUT2D eigenvalue weighted by Crippen LogP contribution is -2.68. The highest BCUT2D eigenvalue weighted by Crippen LogP contribution is 2.44. The van der Waals surface area contributed by atoms with E-state index in [1.807, 2.05) is 0 Å². The summed E-state index contributed by atoms with van der Waals surface area (Å²) in [7, 11) is 0. The van der Waals surface area contributed by atoms with Gasteiger partial charge in [0.2, 0.25) is 0 Å². The van der Waals surface area contributed by atoms with Gasteiger partial charge in [0, 0.05) is 107 Å². The van der Waals surface area contributed by atoms with Gasteiger partial charge < -0.3 is 83.4 Å². The Bertz CT molecular complexity index is 1960. The van der Waals surface area contributed by atoms with Gasteiger partial charge >= 0.3 is 0 Å². The highest BCUT2D eigenvalue weighted by molar-refractivity contribution is 4.85. The predicted octanol–water partition coefficient (Wildman–Crippen LogP) is 23.0. The fraction of sp³-hybridized carbons (Fsp3) is 0.924. The normalized spacial score (nSPS) is 36.3. The fourth-order valence-electron chi connectivity index (χ4n) is 24.4. The van der Waals surface area contributed by atoms with Crippen molar-refractivity contribution in [3.05, 3.63) is 52.0 Å². The molecule has 594 valence electrons. The minimum absolute atomic E-state index is 0. The maximum atomic E-state index is 2.54. The molecule has 0 saturated carbocycles. The van der Waals surface area contributed by atoms with Crippen molar-refractivity contribution in [2.45, 2.75) is 358 Å². The van der Waals surface area contributed by atoms with Gasteiger partial charge in [0.1, 0.15) is 0 Å². The smallest absolute Gasteiger partial charge is 0.0892 e. The highest BCUT2D eigenvalue weighted by atomic mass is 15.4. The van der Waals surface area contributed by atoms with Crippen molar-refractivity contribution in [2.75, 3.05) is 144 Å². The molecule has 13 unspecified atom stereocenters. The SMILES string of the molecule is CC1C(C)C(C)[N+]2(CCCCCC2)C(C)C1C.CC1CCC(C)[N+]2(CCCC2)CC1.CC1CCCCC[N+]12CCCC2.CC1CCCC[N+]2(CCCC2)C1.CC1CCCC[N+]2(CCCC2)C1C.CC1CCC[N+]2(CCCC2)C(C)C1.CC1CCC[N+]2(CCCC2)CC1.[CH3-].[CH3-].[CH3-].[CH3-].[CH3-].[CH3-].[CH3-]. The van der Waals surface area contributed by atoms with E-state index in [1.54, 1.807) is 0 Å². The molecule has 14 saturated heterocycles. The van der Waals surface area contributed by atoms with Crippen LogP contribution in [0.5, 0.6) is 0 Å². The van der Waals surface area contributed by atoms with Crippen LogP contribution in [0.1, 0.15) is 322 Å². The number of nitrogens with zero attached hydrogens (tertiary/aromatic N) is 7. The Morgan fingerprint density at radius 3 is 1.04 bits per heavy atom. The van der Waals surface area contributed by atoms with Crippen LogP contribution in [-0.2, 0) is 0 Å². The summed E-state index contributed by atoms with van der Waals surface area (Å²) in [6, 6.07) is 5.54. The number of rotatable bonds is 0. The van der Waals surface area contributed by atoms with Crippen molar-refractivity contribution in [2.24, 2.45) is 47.3 Å². The van der Waals surface area contributed by atoms with Gasteiger partial charge in [-0.2, -0.15) is 0 Å². The van der Waals surface area contributed by atoms with Crippen LogP contribution in [-0.4, -0.2) is 212 Å². The van der Waals surface area contributed by atoms with Gasteiger partial charge in [0.15, 0.2) is 0 Å². The summed E-state index contributed by atoms with van der Waals surface area (Å²) in [5.74, 6) is 7.59. The Kier molecular flexibility index (Phi) is 45.1. The molecule has 7 spiro atoms. The van der Waals surface area contributed by atoms with E-state index in [4.69, 9.17) is 0 Å². The summed E-state index contributed by atoms with van der Waals surface area (Å²) in [4.78, 5) is 0. The largest absolute Gasteiger partial charge is 0.358 e. The first-order chi connectivity index (χ1) is 44.2. The first-order valence-electron chi connectivity index (χ1n) is 43.2. The lowest BCUT2D eigenvalue weighted by atomic mass is 9.71. The van der Waals surface area contributed by atoms with Crippen molar-refractivity contribution in [1.82, 2.24) is 0 Å². The van der Waals surface area contributed by atoms with Gasteiger partial charge in [-0.3, -0.25) is 0 Å². The third-order valence-electron chi connectivity index (χ3n) is 32.2. The van der Waals surface area contributed by atoms with Crippen molar-refractivity contribution in [3.63, 3.8) is 0 Å². The summed E-state index contributed by atoms with van der Waals surface area (Å²) in [5, 5.41) is 0. The van der Waals surface area contributed by atoms with Crippen LogP contribution in [0.4, 0.5) is 0 Å². The van der Waals surface area contributed by atoms with Crippen LogP contribution in [0.3, 0.4) is 0 Å². The molecule has 14 rings (SSSR count). The van der Waals surface area contributed by atoms with E-state index in [0.717, 1.165) is 83.6 Å². The molecule has 0 amide bonds. The van der Waals surface area contributed by atoms with Crippen LogP contribution >= 0.6 is 0 Å². The van der Waals surface area contributed by atoms with E-state index in [-0.39, 0.29) is 52.0 Å². The standard InChI is InChI=1S/C16H32N.3C12H24N.3C11H22N.7CH3/c1-12-13(2)15(4)17(16(5)14(12)3)10-8-6-7-9-11-17;1-11-5-6-12(2)13(10-7-11)8-3-4-9-13;1-11-6-5-9-13(12(2)10-11)7-3-4-8-13;1-11-7-3-4-8-13(12(11)2)9-5-6-10-13;1-11-5-4-9-12(10-6-11)7-2-3-8-12;1-11-6-2-3-7-12(10-11)8-4-5-9-12;1-11-7-3-2-4-8-12(11)9-5-6-10-12;;;;;;;/h12-16H,6-11H2,1-5H3;3*11-12H,3-10H2,1-2H3;3*11H,2-10H2,1H3;7*1H3/q7*+1;7*-1. The average Bonchev–Trinajstić information content (AvgIpc) is 1.31. The maximum Gasteiger partial charge on any atom is 0.0892 e. The fourth-order valence-corrected chi connectivity index (χ4v) is 24.4. The molecule has 0 radical (unpaired) electrons. The van der Waals surface area contributed by atoms with Crippen molar-refractivity contribution < 1.29 is 31.4 Å². The van der Waals surface area contributed by atoms with E-state index in [2.05, 4.69) is 96.9 Å². The molecule has 14 fully saturated rings. The minimum atomic E-state index is 0. The molecule has 0 aromatic heterocycles. The Labute approximate surface area is 629 Å². The molecule has 0 aliphatic carbocycles. The number of hydrogen-bond acceptors (Lipinski definition) is 0. The van der Waals surface area contributed by atoms with Gasteiger partial charge in [-0.1, -0.05) is 55.4 Å². The summed E-state index contributed by atoms with van der Waals surface area (Å²) >= 11 is 0. The molecule has 0 N–H and O–H groups in total. The summed E-state index contributed by atoms with van der Waals surface area (Å²) in [5.41, 5.74) is 0. The molecule has 13 atom stereocenters. The van der Waals surface area contributed by atoms with E-state index < -0.39 is 0 Å². The Morgan fingerprint density at radius 2 is 0.515 bits per heavy atom. The molecule has 14 aliphatic rings. The molecule has 7 nitrogen and oxygen atoms in total. The number of quaternary nitrogens is 7. The van der Waals surface area contributed by atoms with Crippen LogP contribution in [0.2, 0.25) is 0 Å². The Hall–Kier alpha value is -0.280. The summed E-state index contributed by atoms with van der Waals surface area (Å²) in [6.07, 6.45) is 51.9. The van der Waals surface area contributed by atoms with Gasteiger partial charge in [0.05, 0.1) is 180 Å². The van der Waals surface area contributed by atoms with Crippen LogP contribution in [0, 0.1) is 99.3 Å². The zero-order chi connectivity index (χ0) is 65.9. The topological polar surface area (TPSA) is 0 Å². The molecular weight excluding hydrogens is 1200 g/mol. The second-order valence-electron chi connectivity index (χ2n) is 38.0. The highest BCUT2D eigenvalue weighted by Gasteiger charge is 2.52. The Morgan fingerprint density at radius 1 is 0.192 bits per heavy atom. The molecule has 14 aliphatic heterocycles. The molecule has 7 heteroatoms. The first kappa shape index (κ1) is 96.7. The quantitative estimate of drug-likeness (QED) is 0.168. The lowest BCUT2D eigenvalue weighted by molar-refractivity contribution is -0.983. The molecule has 99 heavy (non-hydrogen) atoms. The molecule has 14 heterocycles. The number of piperidine rings is 1. The molecule has 0 aromatic carbocycles. The monoisotopic (exact) mass is 1390 g/mol. The van der Waals surface area contributed by atoms with Gasteiger partial charge in [-0.05, 0) is 206 Å². The molecular formula is C92H191N7. The van der Waals surface area contributed by atoms with Crippen molar-refractivity contribution in [1.29, 1.82) is 0 Å². The van der Waals surface area contributed by atoms with Crippen molar-refractivity contribution in [3.8, 4) is 0 Å². The van der Waals surface area contributed by atoms with E-state index in [1.165, 1.54) is 400 Å². The van der Waals surface area contributed by atoms with Gasteiger partial charge in [0.25, 0.3) is 0 Å². The first-order valence-corrected chi connectivity index (χ1v) is 43.2. The van der Waals surface area contributed by atoms with Crippen molar-refractivity contribution >= 4 is 0 Å². The second-order valence-corrected chi connectivity index (χ2v) is 38.0. The third-order valence-corrected chi connectivity index (χ3v) is 32.2. The van der Waals surface area contributed by atoms with E-state index in [0.29, 0.717) is 0 Å². The maximum absolute atomic E-state index is 2.54. The summed E-state index contributed by atoms with van der Waals surface area (Å²) in [6.45, 7) is 67.3. The molecule has 0 aromatic rings. The van der Waals surface area contributed by atoms with Gasteiger partial charge in [-0.15, -0.1) is 0 Å².